The van der Waals surface area contributed by atoms with Crippen LogP contribution in [0.25, 0.3) is 16.7 Å². The first-order chi connectivity index (χ1) is 11.1. The van der Waals surface area contributed by atoms with Gasteiger partial charge in [0.15, 0.2) is 5.69 Å². The van der Waals surface area contributed by atoms with Gasteiger partial charge in [0.25, 0.3) is 5.56 Å². The molecule has 0 atom stereocenters. The van der Waals surface area contributed by atoms with Crippen molar-refractivity contribution < 1.29 is 18.3 Å². The zero-order chi connectivity index (χ0) is 17.8. The molecule has 0 amide bonds. The van der Waals surface area contributed by atoms with E-state index >= 15 is 0 Å². The van der Waals surface area contributed by atoms with Gasteiger partial charge in [-0.25, -0.2) is 22.5 Å². The number of nitrogens with zero attached hydrogens (tertiary/aromatic N) is 3. The summed E-state index contributed by atoms with van der Waals surface area (Å²) in [4.78, 5) is 29.8. The van der Waals surface area contributed by atoms with E-state index < -0.39 is 21.6 Å². The molecule has 0 aliphatic heterocycles. The molecule has 9 nitrogen and oxygen atoms in total. The molecule has 0 aliphatic rings. The Balaban J connectivity index is 2.43. The fourth-order valence-corrected chi connectivity index (χ4v) is 3.44. The summed E-state index contributed by atoms with van der Waals surface area (Å²) in [5.41, 5.74) is 0.139. The number of carboxylic acids is 1. The third-order valence-electron chi connectivity index (χ3n) is 3.75. The number of carbonyl (C=O) groups is 1. The molecule has 0 radical (unpaired) electrons. The van der Waals surface area contributed by atoms with E-state index in [9.17, 15) is 18.0 Å². The number of hydrogen-bond donors (Lipinski definition) is 2. The van der Waals surface area contributed by atoms with Crippen LogP contribution in [0.1, 0.15) is 16.2 Å². The average Bonchev–Trinajstić information content (AvgIpc) is 2.85. The Kier molecular flexibility index (Phi) is 3.46. The fraction of sp³-hybridized carbons (Fsp3) is 0.214. The van der Waals surface area contributed by atoms with Gasteiger partial charge in [-0.05, 0) is 25.1 Å². The molecule has 3 aromatic rings. The normalized spacial score (nSPS) is 12.3. The Morgan fingerprint density at radius 3 is 2.58 bits per heavy atom. The van der Waals surface area contributed by atoms with Crippen LogP contribution in [0.15, 0.2) is 27.9 Å². The fourth-order valence-electron chi connectivity index (χ4n) is 2.51. The zero-order valence-electron chi connectivity index (χ0n) is 13.1. The summed E-state index contributed by atoms with van der Waals surface area (Å²) in [5, 5.41) is 9.17. The summed E-state index contributed by atoms with van der Waals surface area (Å²) in [6.07, 6.45) is 0. The summed E-state index contributed by atoms with van der Waals surface area (Å²) >= 11 is 0. The smallest absolute Gasteiger partial charge is 0.356 e. The lowest BCUT2D eigenvalue weighted by molar-refractivity contribution is 0.0690. The van der Waals surface area contributed by atoms with Crippen LogP contribution >= 0.6 is 0 Å². The van der Waals surface area contributed by atoms with E-state index in [1.54, 1.807) is 0 Å². The van der Waals surface area contributed by atoms with E-state index in [1.807, 2.05) is 0 Å². The molecule has 2 N–H and O–H groups in total. The zero-order valence-corrected chi connectivity index (χ0v) is 13.9. The number of aromatic carboxylic acids is 1. The van der Waals surface area contributed by atoms with Gasteiger partial charge in [0.1, 0.15) is 0 Å². The predicted octanol–water partition coefficient (Wildman–Crippen LogP) is 0.433. The van der Waals surface area contributed by atoms with Gasteiger partial charge in [-0.15, -0.1) is 0 Å². The second-order valence-electron chi connectivity index (χ2n) is 5.43. The monoisotopic (exact) mass is 350 g/mol. The van der Waals surface area contributed by atoms with Gasteiger partial charge in [-0.2, -0.15) is 0 Å². The molecule has 1 aromatic carbocycles. The molecule has 0 saturated heterocycles. The molecular formula is C14H14N4O5S. The molecule has 24 heavy (non-hydrogen) atoms. The molecule has 126 valence electrons. The van der Waals surface area contributed by atoms with E-state index in [-0.39, 0.29) is 27.4 Å². The highest BCUT2D eigenvalue weighted by atomic mass is 32.2. The Morgan fingerprint density at radius 1 is 1.33 bits per heavy atom. The first-order valence-electron chi connectivity index (χ1n) is 6.85. The third-order valence-corrected chi connectivity index (χ3v) is 5.56. The minimum atomic E-state index is -3.66. The standard InChI is InChI=1S/C14H14N4O5S/c1-7-11(14(20)21)16-12-13(19)15-9-6-8(24(22,23)17(2)3)4-5-10(9)18(7)12/h4-6H,1-3H3,(H,15,19)(H,20,21). The van der Waals surface area contributed by atoms with Gasteiger partial charge >= 0.3 is 5.97 Å². The number of hydrogen-bond acceptors (Lipinski definition) is 5. The predicted molar refractivity (Wildman–Crippen MR) is 85.9 cm³/mol. The molecule has 2 heterocycles. The second-order valence-corrected chi connectivity index (χ2v) is 7.58. The second kappa shape index (κ2) is 5.14. The number of benzene rings is 1. The Morgan fingerprint density at radius 2 is 2.00 bits per heavy atom. The number of imidazole rings is 1. The van der Waals surface area contributed by atoms with Crippen LogP contribution in [0.3, 0.4) is 0 Å². The van der Waals surface area contributed by atoms with Crippen LogP contribution in [0.2, 0.25) is 0 Å². The molecule has 0 unspecified atom stereocenters. The highest BCUT2D eigenvalue weighted by molar-refractivity contribution is 7.89. The van der Waals surface area contributed by atoms with Crippen LogP contribution in [-0.2, 0) is 10.0 Å². The largest absolute Gasteiger partial charge is 0.476 e. The number of fused-ring (bicyclic) bond motifs is 3. The van der Waals surface area contributed by atoms with Crippen LogP contribution in [0, 0.1) is 6.92 Å². The van der Waals surface area contributed by atoms with E-state index in [0.29, 0.717) is 5.52 Å². The van der Waals surface area contributed by atoms with E-state index in [2.05, 4.69) is 9.97 Å². The summed E-state index contributed by atoms with van der Waals surface area (Å²) in [5.74, 6) is -1.24. The first kappa shape index (κ1) is 16.1. The maximum Gasteiger partial charge on any atom is 0.356 e. The number of sulfonamides is 1. The number of rotatable bonds is 3. The molecule has 0 saturated carbocycles. The van der Waals surface area contributed by atoms with Crippen molar-refractivity contribution in [2.45, 2.75) is 11.8 Å². The first-order valence-corrected chi connectivity index (χ1v) is 8.29. The maximum atomic E-state index is 12.2. The molecular weight excluding hydrogens is 336 g/mol. The van der Waals surface area contributed by atoms with E-state index in [0.717, 1.165) is 4.31 Å². The van der Waals surface area contributed by atoms with Crippen molar-refractivity contribution in [2.24, 2.45) is 0 Å². The highest BCUT2D eigenvalue weighted by Crippen LogP contribution is 2.21. The van der Waals surface area contributed by atoms with Crippen LogP contribution in [0.5, 0.6) is 0 Å². The molecule has 3 rings (SSSR count). The summed E-state index contributed by atoms with van der Waals surface area (Å²) < 4.78 is 26.9. The number of nitrogens with one attached hydrogen (secondary N) is 1. The maximum absolute atomic E-state index is 12.2. The number of H-pyrrole nitrogens is 1. The van der Waals surface area contributed by atoms with Gasteiger partial charge in [0.2, 0.25) is 15.7 Å². The van der Waals surface area contributed by atoms with Gasteiger partial charge in [0.05, 0.1) is 21.6 Å². The lowest BCUT2D eigenvalue weighted by Gasteiger charge is -2.12. The van der Waals surface area contributed by atoms with Gasteiger partial charge in [0, 0.05) is 14.1 Å². The molecule has 0 aliphatic carbocycles. The van der Waals surface area contributed by atoms with Crippen molar-refractivity contribution in [2.75, 3.05) is 14.1 Å². The topological polar surface area (TPSA) is 125 Å². The lowest BCUT2D eigenvalue weighted by Crippen LogP contribution is -2.22. The lowest BCUT2D eigenvalue weighted by atomic mass is 10.3. The Hall–Kier alpha value is -2.72. The number of aryl methyl sites for hydroxylation is 1. The molecule has 0 spiro atoms. The van der Waals surface area contributed by atoms with Crippen molar-refractivity contribution >= 4 is 32.7 Å². The molecule has 0 fully saturated rings. The molecule has 10 heteroatoms. The summed E-state index contributed by atoms with van der Waals surface area (Å²) in [6, 6.07) is 4.25. The van der Waals surface area contributed by atoms with Crippen molar-refractivity contribution in [3.05, 3.63) is 39.9 Å². The Labute approximate surface area is 136 Å². The third kappa shape index (κ3) is 2.19. The van der Waals surface area contributed by atoms with Gasteiger partial charge < -0.3 is 10.1 Å². The van der Waals surface area contributed by atoms with Crippen molar-refractivity contribution in [3.8, 4) is 0 Å². The minimum Gasteiger partial charge on any atom is -0.476 e. The van der Waals surface area contributed by atoms with Crippen LogP contribution in [0.4, 0.5) is 0 Å². The average molecular weight is 350 g/mol. The SMILES string of the molecule is Cc1c(C(=O)O)nc2c(=O)[nH]c3cc(S(=O)(=O)N(C)C)ccc3n12. The molecule has 2 aromatic heterocycles. The quantitative estimate of drug-likeness (QED) is 0.706. The van der Waals surface area contributed by atoms with Crippen molar-refractivity contribution in [3.63, 3.8) is 0 Å². The van der Waals surface area contributed by atoms with Crippen LogP contribution in [-0.4, -0.2) is 52.3 Å². The number of carboxylic acid groups (broad SMARTS) is 1. The minimum absolute atomic E-state index is 0.0197. The summed E-state index contributed by atoms with van der Waals surface area (Å²) in [7, 11) is -0.846. The van der Waals surface area contributed by atoms with Gasteiger partial charge in [-0.1, -0.05) is 0 Å². The van der Waals surface area contributed by atoms with Gasteiger partial charge in [-0.3, -0.25) is 9.20 Å². The number of aromatic nitrogens is 3. The van der Waals surface area contributed by atoms with Crippen molar-refractivity contribution in [1.82, 2.24) is 18.7 Å². The Bertz CT molecular complexity index is 1160. The van der Waals surface area contributed by atoms with Crippen LogP contribution < -0.4 is 5.56 Å². The van der Waals surface area contributed by atoms with Crippen molar-refractivity contribution in [1.29, 1.82) is 0 Å². The highest BCUT2D eigenvalue weighted by Gasteiger charge is 2.21. The van der Waals surface area contributed by atoms with E-state index in [1.165, 1.54) is 43.6 Å². The molecule has 0 bridgehead atoms. The van der Waals surface area contributed by atoms with E-state index in [4.69, 9.17) is 5.11 Å². The number of aromatic amines is 1. The summed E-state index contributed by atoms with van der Waals surface area (Å²) in [6.45, 7) is 1.53.